The van der Waals surface area contributed by atoms with E-state index in [1.807, 2.05) is 18.2 Å². The van der Waals surface area contributed by atoms with Crippen LogP contribution < -0.4 is 5.32 Å². The minimum absolute atomic E-state index is 0.741. The van der Waals surface area contributed by atoms with Gasteiger partial charge in [0.25, 0.3) is 0 Å². The first kappa shape index (κ1) is 13.4. The summed E-state index contributed by atoms with van der Waals surface area (Å²) in [4.78, 5) is 0. The fourth-order valence-electron chi connectivity index (χ4n) is 1.86. The molecule has 94 valence electrons. The molecule has 2 aromatic rings. The highest BCUT2D eigenvalue weighted by atomic mass is 79.9. The molecule has 1 nitrogen and oxygen atoms in total. The van der Waals surface area contributed by atoms with Gasteiger partial charge in [0.1, 0.15) is 0 Å². The second-order valence-corrected chi connectivity index (χ2v) is 5.68. The van der Waals surface area contributed by atoms with E-state index in [1.54, 1.807) is 0 Å². The fraction of sp³-hybridized carbons (Fsp3) is 0.200. The van der Waals surface area contributed by atoms with Crippen LogP contribution in [0.3, 0.4) is 0 Å². The Morgan fingerprint density at radius 1 is 1.11 bits per heavy atom. The van der Waals surface area contributed by atoms with E-state index in [0.717, 1.165) is 16.0 Å². The number of halogens is 2. The third-order valence-electron chi connectivity index (χ3n) is 2.85. The molecule has 0 aliphatic rings. The third-order valence-corrected chi connectivity index (χ3v) is 4.06. The summed E-state index contributed by atoms with van der Waals surface area (Å²) in [5.74, 6) is 0. The van der Waals surface area contributed by atoms with E-state index in [1.165, 1.54) is 22.4 Å². The van der Waals surface area contributed by atoms with Gasteiger partial charge in [-0.05, 0) is 59.1 Å². The van der Waals surface area contributed by atoms with Crippen LogP contribution in [0.15, 0.2) is 40.9 Å². The van der Waals surface area contributed by atoms with Crippen molar-refractivity contribution in [2.45, 2.75) is 20.4 Å². The Balaban J connectivity index is 2.09. The smallest absolute Gasteiger partial charge is 0.0548 e. The Labute approximate surface area is 121 Å². The van der Waals surface area contributed by atoms with Crippen molar-refractivity contribution < 1.29 is 0 Å². The number of nitrogens with one attached hydrogen (secondary N) is 1. The van der Waals surface area contributed by atoms with Gasteiger partial charge in [0.05, 0.1) is 5.02 Å². The van der Waals surface area contributed by atoms with Gasteiger partial charge in [-0.15, -0.1) is 0 Å². The van der Waals surface area contributed by atoms with Crippen LogP contribution in [0.1, 0.15) is 16.7 Å². The Bertz CT molecular complexity index is 566. The molecule has 2 rings (SSSR count). The molecule has 0 aliphatic heterocycles. The van der Waals surface area contributed by atoms with E-state index < -0.39 is 0 Å². The topological polar surface area (TPSA) is 12.0 Å². The minimum Gasteiger partial charge on any atom is -0.381 e. The standard InChI is InChI=1S/C15H15BrClN/c1-10-3-6-15(11(2)7-10)18-9-12-4-5-14(17)13(16)8-12/h3-8,18H,9H2,1-2H3. The molecule has 0 radical (unpaired) electrons. The van der Waals surface area contributed by atoms with Crippen LogP contribution >= 0.6 is 27.5 Å². The average molecular weight is 325 g/mol. The predicted molar refractivity (Wildman–Crippen MR) is 82.4 cm³/mol. The lowest BCUT2D eigenvalue weighted by atomic mass is 10.1. The molecule has 3 heteroatoms. The zero-order valence-electron chi connectivity index (χ0n) is 10.4. The zero-order chi connectivity index (χ0) is 13.1. The molecule has 0 saturated carbocycles. The highest BCUT2D eigenvalue weighted by Gasteiger charge is 2.01. The van der Waals surface area contributed by atoms with E-state index in [2.05, 4.69) is 53.3 Å². The Hall–Kier alpha value is -0.990. The van der Waals surface area contributed by atoms with Gasteiger partial charge in [-0.2, -0.15) is 0 Å². The van der Waals surface area contributed by atoms with Crippen LogP contribution in [-0.2, 0) is 6.54 Å². The number of hydrogen-bond acceptors (Lipinski definition) is 1. The minimum atomic E-state index is 0.741. The second-order valence-electron chi connectivity index (χ2n) is 4.42. The largest absolute Gasteiger partial charge is 0.381 e. The quantitative estimate of drug-likeness (QED) is 0.804. The Morgan fingerprint density at radius 2 is 1.89 bits per heavy atom. The molecule has 0 amide bonds. The molecule has 0 unspecified atom stereocenters. The molecule has 0 heterocycles. The van der Waals surface area contributed by atoms with E-state index in [9.17, 15) is 0 Å². The lowest BCUT2D eigenvalue weighted by Gasteiger charge is -2.11. The van der Waals surface area contributed by atoms with Crippen molar-refractivity contribution >= 4 is 33.2 Å². The Morgan fingerprint density at radius 3 is 2.56 bits per heavy atom. The van der Waals surface area contributed by atoms with Crippen molar-refractivity contribution in [1.29, 1.82) is 0 Å². The monoisotopic (exact) mass is 323 g/mol. The van der Waals surface area contributed by atoms with Crippen LogP contribution in [0.2, 0.25) is 5.02 Å². The number of anilines is 1. The summed E-state index contributed by atoms with van der Waals surface area (Å²) in [5, 5.41) is 4.18. The van der Waals surface area contributed by atoms with Gasteiger partial charge in [0.2, 0.25) is 0 Å². The number of hydrogen-bond donors (Lipinski definition) is 1. The molecular formula is C15H15BrClN. The number of rotatable bonds is 3. The number of benzene rings is 2. The normalized spacial score (nSPS) is 10.4. The molecule has 0 atom stereocenters. The SMILES string of the molecule is Cc1ccc(NCc2ccc(Cl)c(Br)c2)c(C)c1. The van der Waals surface area contributed by atoms with Crippen molar-refractivity contribution in [3.8, 4) is 0 Å². The van der Waals surface area contributed by atoms with Gasteiger partial charge in [0, 0.05) is 16.7 Å². The summed E-state index contributed by atoms with van der Waals surface area (Å²) in [6, 6.07) is 12.4. The maximum Gasteiger partial charge on any atom is 0.0548 e. The van der Waals surface area contributed by atoms with Crippen LogP contribution in [0, 0.1) is 13.8 Å². The molecular weight excluding hydrogens is 310 g/mol. The lowest BCUT2D eigenvalue weighted by Crippen LogP contribution is -2.01. The molecule has 18 heavy (non-hydrogen) atoms. The molecule has 0 fully saturated rings. The van der Waals surface area contributed by atoms with Crippen LogP contribution in [-0.4, -0.2) is 0 Å². The summed E-state index contributed by atoms with van der Waals surface area (Å²) in [6.45, 7) is 5.01. The van der Waals surface area contributed by atoms with E-state index in [0.29, 0.717) is 0 Å². The first-order valence-corrected chi connectivity index (χ1v) is 6.98. The van der Waals surface area contributed by atoms with Crippen molar-refractivity contribution in [3.05, 3.63) is 62.6 Å². The molecule has 0 saturated heterocycles. The van der Waals surface area contributed by atoms with Crippen LogP contribution in [0.4, 0.5) is 5.69 Å². The van der Waals surface area contributed by atoms with Crippen molar-refractivity contribution in [2.24, 2.45) is 0 Å². The summed E-state index contributed by atoms with van der Waals surface area (Å²) in [7, 11) is 0. The van der Waals surface area contributed by atoms with Gasteiger partial charge < -0.3 is 5.32 Å². The third kappa shape index (κ3) is 3.27. The van der Waals surface area contributed by atoms with E-state index in [4.69, 9.17) is 11.6 Å². The van der Waals surface area contributed by atoms with Crippen molar-refractivity contribution in [2.75, 3.05) is 5.32 Å². The molecule has 1 N–H and O–H groups in total. The average Bonchev–Trinajstić information content (AvgIpc) is 2.32. The summed E-state index contributed by atoms with van der Waals surface area (Å²) < 4.78 is 0.934. The second kappa shape index (κ2) is 5.77. The first-order chi connectivity index (χ1) is 8.56. The van der Waals surface area contributed by atoms with Crippen molar-refractivity contribution in [1.82, 2.24) is 0 Å². The summed E-state index contributed by atoms with van der Waals surface area (Å²) in [5.41, 5.74) is 4.92. The van der Waals surface area contributed by atoms with Crippen LogP contribution in [0.25, 0.3) is 0 Å². The number of aryl methyl sites for hydroxylation is 2. The Kier molecular flexibility index (Phi) is 4.31. The van der Waals surface area contributed by atoms with Crippen LogP contribution in [0.5, 0.6) is 0 Å². The molecule has 0 aromatic heterocycles. The maximum absolute atomic E-state index is 5.97. The van der Waals surface area contributed by atoms with E-state index in [-0.39, 0.29) is 0 Å². The highest BCUT2D eigenvalue weighted by Crippen LogP contribution is 2.24. The van der Waals surface area contributed by atoms with Gasteiger partial charge in [0.15, 0.2) is 0 Å². The fourth-order valence-corrected chi connectivity index (χ4v) is 2.40. The summed E-state index contributed by atoms with van der Waals surface area (Å²) in [6.07, 6.45) is 0. The predicted octanol–water partition coefficient (Wildman–Crippen LogP) is 5.33. The molecule has 0 spiro atoms. The zero-order valence-corrected chi connectivity index (χ0v) is 12.8. The lowest BCUT2D eigenvalue weighted by molar-refractivity contribution is 1.13. The van der Waals surface area contributed by atoms with Gasteiger partial charge in [-0.1, -0.05) is 35.4 Å². The molecule has 0 bridgehead atoms. The van der Waals surface area contributed by atoms with Gasteiger partial charge in [-0.3, -0.25) is 0 Å². The molecule has 0 aliphatic carbocycles. The highest BCUT2D eigenvalue weighted by molar-refractivity contribution is 9.10. The van der Waals surface area contributed by atoms with Gasteiger partial charge in [-0.25, -0.2) is 0 Å². The first-order valence-electron chi connectivity index (χ1n) is 5.81. The van der Waals surface area contributed by atoms with E-state index >= 15 is 0 Å². The molecule has 2 aromatic carbocycles. The summed E-state index contributed by atoms with van der Waals surface area (Å²) >= 11 is 9.41. The maximum atomic E-state index is 5.97. The van der Waals surface area contributed by atoms with Gasteiger partial charge >= 0.3 is 0 Å². The van der Waals surface area contributed by atoms with Crippen molar-refractivity contribution in [3.63, 3.8) is 0 Å².